The fraction of sp³-hybridized carbons (Fsp3) is 0.647. The Morgan fingerprint density at radius 1 is 1.00 bits per heavy atom. The van der Waals surface area contributed by atoms with Crippen LogP contribution in [0, 0.1) is 0 Å². The highest BCUT2D eigenvalue weighted by Gasteiger charge is 2.17. The fourth-order valence-corrected chi connectivity index (χ4v) is 3.22. The number of urea groups is 1. The van der Waals surface area contributed by atoms with Crippen molar-refractivity contribution in [2.24, 2.45) is 0 Å². The first kappa shape index (κ1) is 15.1. The molecule has 0 aliphatic carbocycles. The van der Waals surface area contributed by atoms with Gasteiger partial charge in [-0.05, 0) is 37.3 Å². The van der Waals surface area contributed by atoms with Crippen LogP contribution in [0.3, 0.4) is 0 Å². The Labute approximate surface area is 132 Å². The van der Waals surface area contributed by atoms with Crippen LogP contribution >= 0.6 is 0 Å². The first-order chi connectivity index (χ1) is 10.8. The Morgan fingerprint density at radius 3 is 2.32 bits per heavy atom. The minimum absolute atomic E-state index is 0.0501. The molecule has 0 radical (unpaired) electrons. The van der Waals surface area contributed by atoms with Crippen molar-refractivity contribution in [3.63, 3.8) is 0 Å². The first-order valence-electron chi connectivity index (χ1n) is 8.55. The minimum atomic E-state index is 0.0501. The summed E-state index contributed by atoms with van der Waals surface area (Å²) in [6.07, 6.45) is 9.32. The summed E-state index contributed by atoms with van der Waals surface area (Å²) in [4.78, 5) is 20.8. The van der Waals surface area contributed by atoms with Crippen molar-refractivity contribution in [1.29, 1.82) is 0 Å². The molecule has 3 rings (SSSR count). The van der Waals surface area contributed by atoms with Crippen molar-refractivity contribution < 1.29 is 4.79 Å². The minimum Gasteiger partial charge on any atom is -0.357 e. The summed E-state index contributed by atoms with van der Waals surface area (Å²) in [7, 11) is 0. The molecule has 0 saturated carbocycles. The molecule has 1 aromatic rings. The van der Waals surface area contributed by atoms with Crippen LogP contribution in [0.1, 0.15) is 44.1 Å². The number of anilines is 1. The van der Waals surface area contributed by atoms with Crippen LogP contribution in [-0.2, 0) is 6.54 Å². The zero-order valence-corrected chi connectivity index (χ0v) is 13.3. The molecule has 2 amide bonds. The maximum absolute atomic E-state index is 12.0. The van der Waals surface area contributed by atoms with Gasteiger partial charge in [0.2, 0.25) is 0 Å². The summed E-state index contributed by atoms with van der Waals surface area (Å²) in [5.74, 6) is 1.07. The lowest BCUT2D eigenvalue weighted by Crippen LogP contribution is -2.37. The number of amides is 2. The van der Waals surface area contributed by atoms with Gasteiger partial charge in [0, 0.05) is 38.9 Å². The van der Waals surface area contributed by atoms with Crippen LogP contribution in [0.15, 0.2) is 18.3 Å². The highest BCUT2D eigenvalue weighted by Crippen LogP contribution is 2.17. The summed E-state index contributed by atoms with van der Waals surface area (Å²) in [5, 5.41) is 2.98. The van der Waals surface area contributed by atoms with Gasteiger partial charge in [-0.3, -0.25) is 0 Å². The van der Waals surface area contributed by atoms with Crippen molar-refractivity contribution in [2.75, 3.05) is 31.1 Å². The monoisotopic (exact) mass is 302 g/mol. The zero-order chi connectivity index (χ0) is 15.2. The molecule has 0 aromatic carbocycles. The topological polar surface area (TPSA) is 48.5 Å². The predicted molar refractivity (Wildman–Crippen MR) is 88.0 cm³/mol. The number of nitrogens with one attached hydrogen (secondary N) is 1. The Morgan fingerprint density at radius 2 is 1.68 bits per heavy atom. The lowest BCUT2D eigenvalue weighted by atomic mass is 10.2. The number of hydrogen-bond acceptors (Lipinski definition) is 3. The van der Waals surface area contributed by atoms with Crippen molar-refractivity contribution >= 4 is 11.8 Å². The van der Waals surface area contributed by atoms with E-state index in [2.05, 4.69) is 27.3 Å². The van der Waals surface area contributed by atoms with E-state index in [0.29, 0.717) is 6.54 Å². The van der Waals surface area contributed by atoms with Crippen LogP contribution in [0.4, 0.5) is 10.6 Å². The molecule has 5 nitrogen and oxygen atoms in total. The quantitative estimate of drug-likeness (QED) is 0.934. The van der Waals surface area contributed by atoms with Crippen LogP contribution in [0.5, 0.6) is 0 Å². The van der Waals surface area contributed by atoms with Gasteiger partial charge in [0.25, 0.3) is 0 Å². The van der Waals surface area contributed by atoms with Crippen LogP contribution in [0.2, 0.25) is 0 Å². The van der Waals surface area contributed by atoms with E-state index < -0.39 is 0 Å². The molecule has 2 fully saturated rings. The van der Waals surface area contributed by atoms with E-state index in [1.807, 2.05) is 11.1 Å². The molecule has 0 bridgehead atoms. The molecule has 1 N–H and O–H groups in total. The summed E-state index contributed by atoms with van der Waals surface area (Å²) in [6.45, 7) is 4.55. The first-order valence-corrected chi connectivity index (χ1v) is 8.55. The zero-order valence-electron chi connectivity index (χ0n) is 13.3. The fourth-order valence-electron chi connectivity index (χ4n) is 3.22. The van der Waals surface area contributed by atoms with E-state index in [4.69, 9.17) is 0 Å². The van der Waals surface area contributed by atoms with Crippen LogP contribution in [0.25, 0.3) is 0 Å². The van der Waals surface area contributed by atoms with Gasteiger partial charge in [0.1, 0.15) is 5.82 Å². The van der Waals surface area contributed by atoms with E-state index >= 15 is 0 Å². The largest absolute Gasteiger partial charge is 0.357 e. The highest BCUT2D eigenvalue weighted by atomic mass is 16.2. The number of likely N-dealkylation sites (tertiary alicyclic amines) is 1. The second-order valence-electron chi connectivity index (χ2n) is 6.28. The molecular weight excluding hydrogens is 276 g/mol. The number of rotatable bonds is 3. The van der Waals surface area contributed by atoms with Gasteiger partial charge in [-0.1, -0.05) is 18.9 Å². The highest BCUT2D eigenvalue weighted by molar-refractivity contribution is 5.74. The van der Waals surface area contributed by atoms with Crippen molar-refractivity contribution in [2.45, 2.75) is 45.1 Å². The lowest BCUT2D eigenvalue weighted by Gasteiger charge is -2.21. The van der Waals surface area contributed by atoms with Gasteiger partial charge < -0.3 is 15.1 Å². The molecule has 2 aliphatic rings. The van der Waals surface area contributed by atoms with Gasteiger partial charge in [0.15, 0.2) is 0 Å². The average Bonchev–Trinajstić information content (AvgIpc) is 2.96. The second-order valence-corrected chi connectivity index (χ2v) is 6.28. The number of hydrogen-bond donors (Lipinski definition) is 1. The standard InChI is InChI=1S/C17H26N4O/c22-17(21-11-5-6-12-21)19-14-15-7-8-16(18-13-15)20-9-3-1-2-4-10-20/h7-8,13H,1-6,9-12,14H2,(H,19,22). The molecule has 22 heavy (non-hydrogen) atoms. The third-order valence-electron chi connectivity index (χ3n) is 4.58. The van der Waals surface area contributed by atoms with Crippen LogP contribution in [-0.4, -0.2) is 42.1 Å². The second kappa shape index (κ2) is 7.47. The molecule has 2 saturated heterocycles. The third kappa shape index (κ3) is 3.90. The van der Waals surface area contributed by atoms with E-state index in [0.717, 1.165) is 50.4 Å². The number of carbonyl (C=O) groups is 1. The maximum Gasteiger partial charge on any atom is 0.317 e. The molecule has 0 atom stereocenters. The van der Waals surface area contributed by atoms with E-state index in [-0.39, 0.29) is 6.03 Å². The van der Waals surface area contributed by atoms with Gasteiger partial charge in [-0.25, -0.2) is 9.78 Å². The molecule has 2 aliphatic heterocycles. The Hall–Kier alpha value is -1.78. The van der Waals surface area contributed by atoms with Crippen molar-refractivity contribution in [1.82, 2.24) is 15.2 Å². The molecule has 5 heteroatoms. The molecule has 0 spiro atoms. The van der Waals surface area contributed by atoms with E-state index in [1.165, 1.54) is 25.7 Å². The predicted octanol–water partition coefficient (Wildman–Crippen LogP) is 2.77. The summed E-state index contributed by atoms with van der Waals surface area (Å²) < 4.78 is 0. The van der Waals surface area contributed by atoms with E-state index in [1.54, 1.807) is 0 Å². The van der Waals surface area contributed by atoms with Crippen molar-refractivity contribution in [3.8, 4) is 0 Å². The lowest BCUT2D eigenvalue weighted by molar-refractivity contribution is 0.208. The summed E-state index contributed by atoms with van der Waals surface area (Å²) in [5.41, 5.74) is 1.06. The number of pyridine rings is 1. The van der Waals surface area contributed by atoms with E-state index in [9.17, 15) is 4.79 Å². The number of nitrogens with zero attached hydrogens (tertiary/aromatic N) is 3. The molecule has 120 valence electrons. The summed E-state index contributed by atoms with van der Waals surface area (Å²) >= 11 is 0. The molecule has 0 unspecified atom stereocenters. The third-order valence-corrected chi connectivity index (χ3v) is 4.58. The normalized spacial score (nSPS) is 19.1. The molecule has 3 heterocycles. The Kier molecular flexibility index (Phi) is 5.14. The maximum atomic E-state index is 12.0. The van der Waals surface area contributed by atoms with Gasteiger partial charge in [-0.15, -0.1) is 0 Å². The van der Waals surface area contributed by atoms with Crippen molar-refractivity contribution in [3.05, 3.63) is 23.9 Å². The smallest absolute Gasteiger partial charge is 0.317 e. The molecular formula is C17H26N4O. The number of carbonyl (C=O) groups excluding carboxylic acids is 1. The van der Waals surface area contributed by atoms with Crippen LogP contribution < -0.4 is 10.2 Å². The Bertz CT molecular complexity index is 474. The van der Waals surface area contributed by atoms with Gasteiger partial charge in [0.05, 0.1) is 0 Å². The Balaban J connectivity index is 1.51. The summed E-state index contributed by atoms with van der Waals surface area (Å²) in [6, 6.07) is 4.22. The van der Waals surface area contributed by atoms with Gasteiger partial charge in [-0.2, -0.15) is 0 Å². The molecule has 1 aromatic heterocycles. The SMILES string of the molecule is O=C(NCc1ccc(N2CCCCCC2)nc1)N1CCCC1. The van der Waals surface area contributed by atoms with Gasteiger partial charge >= 0.3 is 6.03 Å². The average molecular weight is 302 g/mol. The number of aromatic nitrogens is 1.